The van der Waals surface area contributed by atoms with Crippen molar-refractivity contribution in [2.24, 2.45) is 0 Å². The molecule has 2 aromatic heterocycles. The Morgan fingerprint density at radius 3 is 2.81 bits per heavy atom. The van der Waals surface area contributed by atoms with E-state index in [1.165, 1.54) is 11.1 Å². The fraction of sp³-hybridized carbons (Fsp3) is 0.345. The lowest BCUT2D eigenvalue weighted by molar-refractivity contribution is 0.0703. The van der Waals surface area contributed by atoms with Crippen molar-refractivity contribution in [2.45, 2.75) is 32.9 Å². The first-order valence-corrected chi connectivity index (χ1v) is 12.5. The van der Waals surface area contributed by atoms with Gasteiger partial charge in [-0.25, -0.2) is 9.97 Å². The summed E-state index contributed by atoms with van der Waals surface area (Å²) >= 11 is 0. The van der Waals surface area contributed by atoms with Crippen molar-refractivity contribution >= 4 is 17.1 Å². The summed E-state index contributed by atoms with van der Waals surface area (Å²) in [5.41, 5.74) is 9.13. The third kappa shape index (κ3) is 4.82. The predicted molar refractivity (Wildman–Crippen MR) is 145 cm³/mol. The molecule has 1 atom stereocenters. The quantitative estimate of drug-likeness (QED) is 0.416. The number of aryl methyl sites for hydroxylation is 1. The van der Waals surface area contributed by atoms with E-state index in [9.17, 15) is 9.90 Å². The van der Waals surface area contributed by atoms with Crippen LogP contribution in [0.3, 0.4) is 0 Å². The zero-order chi connectivity index (χ0) is 26.3. The monoisotopic (exact) mass is 499 g/mol. The number of carbonyl (C=O) groups excluding carboxylic acids is 1. The highest BCUT2D eigenvalue weighted by Crippen LogP contribution is 2.35. The molecule has 0 spiro atoms. The predicted octanol–water partition coefficient (Wildman–Crippen LogP) is 4.05. The number of methoxy groups -OCH3 is 1. The van der Waals surface area contributed by atoms with Crippen LogP contribution in [0.5, 0.6) is 5.75 Å². The first kappa shape index (κ1) is 24.9. The van der Waals surface area contributed by atoms with Crippen molar-refractivity contribution in [3.05, 3.63) is 65.0 Å². The molecule has 0 fully saturated rings. The second-order valence-electron chi connectivity index (χ2n) is 10.0. The normalized spacial score (nSPS) is 14.4. The van der Waals surface area contributed by atoms with Crippen molar-refractivity contribution in [1.82, 2.24) is 24.8 Å². The Bertz CT molecular complexity index is 1480. The molecule has 8 heteroatoms. The van der Waals surface area contributed by atoms with E-state index in [-0.39, 0.29) is 12.5 Å². The van der Waals surface area contributed by atoms with Gasteiger partial charge in [-0.2, -0.15) is 0 Å². The summed E-state index contributed by atoms with van der Waals surface area (Å²) in [6.45, 7) is 5.77. The minimum Gasteiger partial charge on any atom is -0.496 e. The SMILES string of the molecule is COc1cc(-c2cnc3[nH]cc(-c4ccc(C(=O)N(C)CC(C)O)c(C)c4)c3n2)cc2c1CCN(C)C2. The second kappa shape index (κ2) is 9.95. The number of nitrogens with one attached hydrogen (secondary N) is 1. The number of hydrogen-bond donors (Lipinski definition) is 2. The molecule has 5 rings (SSSR count). The molecule has 37 heavy (non-hydrogen) atoms. The Kier molecular flexibility index (Phi) is 6.70. The van der Waals surface area contributed by atoms with Crippen molar-refractivity contribution in [3.8, 4) is 28.1 Å². The van der Waals surface area contributed by atoms with Crippen LogP contribution in [0.25, 0.3) is 33.5 Å². The number of carbonyl (C=O) groups is 1. The van der Waals surface area contributed by atoms with E-state index in [1.807, 2.05) is 31.3 Å². The van der Waals surface area contributed by atoms with E-state index in [4.69, 9.17) is 9.72 Å². The summed E-state index contributed by atoms with van der Waals surface area (Å²) in [6.07, 6.45) is 4.09. The fourth-order valence-electron chi connectivity index (χ4n) is 5.14. The van der Waals surface area contributed by atoms with Crippen LogP contribution in [-0.4, -0.2) is 76.2 Å². The van der Waals surface area contributed by atoms with Gasteiger partial charge in [-0.15, -0.1) is 0 Å². The van der Waals surface area contributed by atoms with Crippen LogP contribution in [0.2, 0.25) is 0 Å². The maximum atomic E-state index is 12.9. The lowest BCUT2D eigenvalue weighted by atomic mass is 9.95. The molecule has 3 heterocycles. The number of hydrogen-bond acceptors (Lipinski definition) is 6. The average molecular weight is 500 g/mol. The number of aliphatic hydroxyl groups excluding tert-OH is 1. The van der Waals surface area contributed by atoms with Gasteiger partial charge < -0.3 is 24.6 Å². The highest BCUT2D eigenvalue weighted by molar-refractivity contribution is 5.97. The van der Waals surface area contributed by atoms with Crippen LogP contribution in [0, 0.1) is 6.92 Å². The molecule has 2 N–H and O–H groups in total. The molecular weight excluding hydrogens is 466 g/mol. The highest BCUT2D eigenvalue weighted by atomic mass is 16.5. The molecule has 0 bridgehead atoms. The lowest BCUT2D eigenvalue weighted by Crippen LogP contribution is -2.33. The average Bonchev–Trinajstić information content (AvgIpc) is 3.30. The van der Waals surface area contributed by atoms with Gasteiger partial charge in [0.2, 0.25) is 0 Å². The molecule has 1 unspecified atom stereocenters. The first-order chi connectivity index (χ1) is 17.7. The maximum absolute atomic E-state index is 12.9. The molecule has 0 saturated heterocycles. The van der Waals surface area contributed by atoms with Gasteiger partial charge in [0.05, 0.1) is 25.1 Å². The van der Waals surface area contributed by atoms with Gasteiger partial charge in [-0.1, -0.05) is 12.1 Å². The van der Waals surface area contributed by atoms with Gasteiger partial charge in [-0.3, -0.25) is 4.79 Å². The van der Waals surface area contributed by atoms with Gasteiger partial charge in [0.25, 0.3) is 5.91 Å². The molecule has 1 amide bonds. The van der Waals surface area contributed by atoms with E-state index in [2.05, 4.69) is 34.0 Å². The van der Waals surface area contributed by atoms with E-state index >= 15 is 0 Å². The first-order valence-electron chi connectivity index (χ1n) is 12.5. The van der Waals surface area contributed by atoms with E-state index in [1.54, 1.807) is 32.2 Å². The summed E-state index contributed by atoms with van der Waals surface area (Å²) in [5.74, 6) is 0.784. The van der Waals surface area contributed by atoms with Gasteiger partial charge >= 0.3 is 0 Å². The standard InChI is InChI=1S/C29H33N5O3/c1-17-10-19(6-7-22(17)29(36)34(4)15-18(2)35)24-13-30-28-27(24)32-25(14-31-28)20-11-21-16-33(3)9-8-23(21)26(12-20)37-5/h6-7,10-14,18,35H,8-9,15-16H2,1-5H3,(H,30,31). The minimum atomic E-state index is -0.580. The van der Waals surface area contributed by atoms with Gasteiger partial charge in [0.15, 0.2) is 5.65 Å². The Morgan fingerprint density at radius 1 is 1.27 bits per heavy atom. The van der Waals surface area contributed by atoms with Crippen molar-refractivity contribution < 1.29 is 14.6 Å². The third-order valence-electron chi connectivity index (χ3n) is 7.03. The zero-order valence-electron chi connectivity index (χ0n) is 22.0. The summed E-state index contributed by atoms with van der Waals surface area (Å²) in [7, 11) is 5.55. The summed E-state index contributed by atoms with van der Waals surface area (Å²) in [6, 6.07) is 10.0. The maximum Gasteiger partial charge on any atom is 0.253 e. The summed E-state index contributed by atoms with van der Waals surface area (Å²) < 4.78 is 5.74. The topological polar surface area (TPSA) is 94.6 Å². The molecule has 0 saturated carbocycles. The number of H-pyrrole nitrogens is 1. The number of ether oxygens (including phenoxy) is 1. The number of aromatic amines is 1. The number of aromatic nitrogens is 3. The lowest BCUT2D eigenvalue weighted by Gasteiger charge is -2.27. The summed E-state index contributed by atoms with van der Waals surface area (Å²) in [4.78, 5) is 29.6. The molecule has 4 aromatic rings. The van der Waals surface area contributed by atoms with Crippen molar-refractivity contribution in [2.75, 3.05) is 34.3 Å². The number of fused-ring (bicyclic) bond motifs is 2. The van der Waals surface area contributed by atoms with Crippen LogP contribution in [0.1, 0.15) is 34.0 Å². The number of aliphatic hydroxyl groups is 1. The molecule has 1 aliphatic rings. The summed E-state index contributed by atoms with van der Waals surface area (Å²) in [5, 5.41) is 9.64. The van der Waals surface area contributed by atoms with Crippen molar-refractivity contribution in [3.63, 3.8) is 0 Å². The Balaban J connectivity index is 1.52. The number of nitrogens with zero attached hydrogens (tertiary/aromatic N) is 4. The van der Waals surface area contributed by atoms with Gasteiger partial charge in [-0.05, 0) is 67.8 Å². The fourth-order valence-corrected chi connectivity index (χ4v) is 5.14. The van der Waals surface area contributed by atoms with Gasteiger partial charge in [0, 0.05) is 49.6 Å². The van der Waals surface area contributed by atoms with Gasteiger partial charge in [0.1, 0.15) is 11.3 Å². The van der Waals surface area contributed by atoms with Crippen molar-refractivity contribution in [1.29, 1.82) is 0 Å². The van der Waals surface area contributed by atoms with Crippen LogP contribution >= 0.6 is 0 Å². The smallest absolute Gasteiger partial charge is 0.253 e. The molecule has 0 radical (unpaired) electrons. The van der Waals surface area contributed by atoms with E-state index in [0.29, 0.717) is 11.2 Å². The van der Waals surface area contributed by atoms with Crippen LogP contribution < -0.4 is 4.74 Å². The Labute approximate surface area is 216 Å². The molecule has 0 aliphatic carbocycles. The number of likely N-dealkylation sites (N-methyl/N-ethyl adjacent to an activating group) is 2. The van der Waals surface area contributed by atoms with Crippen LogP contribution in [0.4, 0.5) is 0 Å². The molecular formula is C29H33N5O3. The number of amides is 1. The molecule has 8 nitrogen and oxygen atoms in total. The van der Waals surface area contributed by atoms with Crippen LogP contribution in [-0.2, 0) is 13.0 Å². The third-order valence-corrected chi connectivity index (χ3v) is 7.03. The molecule has 1 aliphatic heterocycles. The second-order valence-corrected chi connectivity index (χ2v) is 10.0. The highest BCUT2D eigenvalue weighted by Gasteiger charge is 2.21. The number of rotatable bonds is 6. The number of benzene rings is 2. The Hall–Kier alpha value is -3.75. The van der Waals surface area contributed by atoms with E-state index in [0.717, 1.165) is 58.7 Å². The minimum absolute atomic E-state index is 0.113. The zero-order valence-corrected chi connectivity index (χ0v) is 22.0. The Morgan fingerprint density at radius 2 is 2.08 bits per heavy atom. The van der Waals surface area contributed by atoms with E-state index < -0.39 is 6.10 Å². The van der Waals surface area contributed by atoms with Crippen LogP contribution in [0.15, 0.2) is 42.7 Å². The molecule has 2 aromatic carbocycles. The molecule has 192 valence electrons. The largest absolute Gasteiger partial charge is 0.496 e.